The van der Waals surface area contributed by atoms with Gasteiger partial charge in [-0.05, 0) is 36.8 Å². The third kappa shape index (κ3) is 3.96. The Morgan fingerprint density at radius 1 is 0.955 bits per heavy atom. The third-order valence-electron chi connectivity index (χ3n) is 3.51. The summed E-state index contributed by atoms with van der Waals surface area (Å²) in [6.45, 7) is 4.50. The summed E-state index contributed by atoms with van der Waals surface area (Å²) in [5.41, 5.74) is 2.70. The highest BCUT2D eigenvalue weighted by Gasteiger charge is 2.32. The fourth-order valence-electron chi connectivity index (χ4n) is 2.42. The predicted octanol–water partition coefficient (Wildman–Crippen LogP) is 3.21. The first-order valence-electron chi connectivity index (χ1n) is 7.57. The molecule has 0 heterocycles. The maximum atomic E-state index is 12.8. The summed E-state index contributed by atoms with van der Waals surface area (Å²) >= 11 is 3.12. The number of hydrogen-bond acceptors (Lipinski definition) is 5. The second-order valence-electron chi connectivity index (χ2n) is 5.13. The van der Waals surface area contributed by atoms with Gasteiger partial charge >= 0.3 is 0 Å². The average molecular weight is 338 g/mol. The highest BCUT2D eigenvalue weighted by molar-refractivity contribution is 8.07. The minimum absolute atomic E-state index is 0.0905. The molecular formula is C17H22O3S2. The van der Waals surface area contributed by atoms with Crippen LogP contribution in [0, 0.1) is 0 Å². The Kier molecular flexibility index (Phi) is 7.02. The van der Waals surface area contributed by atoms with E-state index in [0.717, 1.165) is 50.9 Å². The van der Waals surface area contributed by atoms with Crippen LogP contribution in [0.25, 0.3) is 0 Å². The zero-order chi connectivity index (χ0) is 15.9. The monoisotopic (exact) mass is 338 g/mol. The molecule has 0 aromatic rings. The molecule has 3 nitrogen and oxygen atoms in total. The Morgan fingerprint density at radius 3 is 2.09 bits per heavy atom. The molecule has 120 valence electrons. The quantitative estimate of drug-likeness (QED) is 0.666. The Hall–Kier alpha value is -0.750. The lowest BCUT2D eigenvalue weighted by Gasteiger charge is -2.27. The van der Waals surface area contributed by atoms with E-state index in [1.165, 1.54) is 11.8 Å². The van der Waals surface area contributed by atoms with Crippen LogP contribution in [0.5, 0.6) is 0 Å². The average Bonchev–Trinajstić information content (AvgIpc) is 2.54. The number of carbonyl (C=O) groups is 1. The number of carbonyl (C=O) groups excluding carboxylic acids is 1. The Balaban J connectivity index is 2.29. The van der Waals surface area contributed by atoms with Crippen LogP contribution in [0.3, 0.4) is 0 Å². The van der Waals surface area contributed by atoms with Crippen molar-refractivity contribution in [3.63, 3.8) is 0 Å². The van der Waals surface area contributed by atoms with Gasteiger partial charge in [0.05, 0.1) is 4.91 Å². The van der Waals surface area contributed by atoms with Crippen LogP contribution < -0.4 is 0 Å². The van der Waals surface area contributed by atoms with E-state index in [-0.39, 0.29) is 19.0 Å². The molecule has 0 saturated heterocycles. The molecule has 0 aromatic carbocycles. The summed E-state index contributed by atoms with van der Waals surface area (Å²) in [7, 11) is 0. The molecule has 0 atom stereocenters. The van der Waals surface area contributed by atoms with Gasteiger partial charge in [-0.15, -0.1) is 23.5 Å². The summed E-state index contributed by atoms with van der Waals surface area (Å²) in [4.78, 5) is 14.5. The molecular weight excluding hydrogens is 316 g/mol. The number of rotatable bonds is 8. The van der Waals surface area contributed by atoms with Crippen molar-refractivity contribution in [2.45, 2.75) is 25.7 Å². The van der Waals surface area contributed by atoms with Gasteiger partial charge in [0.2, 0.25) is 5.78 Å². The molecule has 5 heteroatoms. The molecule has 0 saturated carbocycles. The lowest BCUT2D eigenvalue weighted by atomic mass is 9.85. The molecule has 0 unspecified atom stereocenters. The second kappa shape index (κ2) is 8.77. The number of allylic oxidation sites excluding steroid dienone is 6. The number of aliphatic hydroxyl groups excluding tert-OH is 2. The maximum absolute atomic E-state index is 12.8. The van der Waals surface area contributed by atoms with Crippen molar-refractivity contribution in [1.82, 2.24) is 0 Å². The van der Waals surface area contributed by atoms with Gasteiger partial charge in [-0.2, -0.15) is 0 Å². The minimum Gasteiger partial charge on any atom is -0.396 e. The predicted molar refractivity (Wildman–Crippen MR) is 94.9 cm³/mol. The van der Waals surface area contributed by atoms with Crippen LogP contribution >= 0.6 is 23.5 Å². The SMILES string of the molecule is C=C1C2=CCCC=C2C(=O)C(SCCCO)=C1SCCCO. The van der Waals surface area contributed by atoms with Crippen LogP contribution in [-0.4, -0.2) is 40.7 Å². The molecule has 0 aromatic heterocycles. The van der Waals surface area contributed by atoms with Crippen molar-refractivity contribution in [3.8, 4) is 0 Å². The van der Waals surface area contributed by atoms with E-state index in [2.05, 4.69) is 12.7 Å². The van der Waals surface area contributed by atoms with Crippen molar-refractivity contribution in [1.29, 1.82) is 0 Å². The topological polar surface area (TPSA) is 57.5 Å². The van der Waals surface area contributed by atoms with Crippen LogP contribution in [0.1, 0.15) is 25.7 Å². The molecule has 0 radical (unpaired) electrons. The lowest BCUT2D eigenvalue weighted by Crippen LogP contribution is -2.18. The summed E-state index contributed by atoms with van der Waals surface area (Å²) in [6.07, 6.45) is 7.35. The molecule has 22 heavy (non-hydrogen) atoms. The van der Waals surface area contributed by atoms with Gasteiger partial charge in [-0.1, -0.05) is 18.7 Å². The standard InChI is InChI=1S/C17H22O3S2/c1-12-13-6-2-3-7-14(13)15(20)17(22-11-5-9-19)16(12)21-10-4-8-18/h6-7,18-19H,1-5,8-11H2. The molecule has 0 spiro atoms. The first-order valence-corrected chi connectivity index (χ1v) is 9.54. The molecule has 2 aliphatic carbocycles. The molecule has 2 N–H and O–H groups in total. The van der Waals surface area contributed by atoms with Gasteiger partial charge in [0.15, 0.2) is 0 Å². The minimum atomic E-state index is 0.0905. The maximum Gasteiger partial charge on any atom is 0.200 e. The number of hydrogen-bond donors (Lipinski definition) is 2. The molecule has 0 aliphatic heterocycles. The summed E-state index contributed by atoms with van der Waals surface area (Å²) in [5.74, 6) is 1.59. The van der Waals surface area contributed by atoms with E-state index in [4.69, 9.17) is 10.2 Å². The Bertz CT molecular complexity index is 496. The highest BCUT2D eigenvalue weighted by Crippen LogP contribution is 2.45. The van der Waals surface area contributed by atoms with E-state index >= 15 is 0 Å². The van der Waals surface area contributed by atoms with Crippen LogP contribution in [0.4, 0.5) is 0 Å². The first kappa shape index (κ1) is 17.6. The van der Waals surface area contributed by atoms with Crippen molar-refractivity contribution >= 4 is 29.3 Å². The number of thioether (sulfide) groups is 2. The van der Waals surface area contributed by atoms with Gasteiger partial charge in [0.1, 0.15) is 0 Å². The van der Waals surface area contributed by atoms with E-state index < -0.39 is 0 Å². The lowest BCUT2D eigenvalue weighted by molar-refractivity contribution is -0.111. The van der Waals surface area contributed by atoms with Crippen molar-refractivity contribution in [2.24, 2.45) is 0 Å². The Morgan fingerprint density at radius 2 is 1.50 bits per heavy atom. The fourth-order valence-corrected chi connectivity index (χ4v) is 4.73. The fraction of sp³-hybridized carbons (Fsp3) is 0.471. The Labute approximate surface area is 140 Å². The van der Waals surface area contributed by atoms with Gasteiger partial charge in [0, 0.05) is 35.2 Å². The van der Waals surface area contributed by atoms with E-state index in [1.807, 2.05) is 6.08 Å². The highest BCUT2D eigenvalue weighted by atomic mass is 32.2. The first-order chi connectivity index (χ1) is 10.7. The van der Waals surface area contributed by atoms with Crippen molar-refractivity contribution in [2.75, 3.05) is 24.7 Å². The summed E-state index contributed by atoms with van der Waals surface area (Å²) < 4.78 is 0. The van der Waals surface area contributed by atoms with Crippen LogP contribution in [0.15, 0.2) is 45.3 Å². The van der Waals surface area contributed by atoms with E-state index in [1.54, 1.807) is 11.8 Å². The molecule has 0 fully saturated rings. The number of aliphatic hydroxyl groups is 2. The van der Waals surface area contributed by atoms with Gasteiger partial charge < -0.3 is 10.2 Å². The number of fused-ring (bicyclic) bond motifs is 1. The van der Waals surface area contributed by atoms with E-state index in [0.29, 0.717) is 12.8 Å². The van der Waals surface area contributed by atoms with Gasteiger partial charge in [-0.3, -0.25) is 4.79 Å². The molecule has 0 bridgehead atoms. The zero-order valence-corrected chi connectivity index (χ0v) is 14.3. The normalized spacial score (nSPS) is 18.3. The van der Waals surface area contributed by atoms with Gasteiger partial charge in [-0.25, -0.2) is 0 Å². The molecule has 2 rings (SSSR count). The zero-order valence-electron chi connectivity index (χ0n) is 12.6. The molecule has 0 amide bonds. The van der Waals surface area contributed by atoms with Crippen LogP contribution in [0.2, 0.25) is 0 Å². The van der Waals surface area contributed by atoms with E-state index in [9.17, 15) is 4.79 Å². The molecule has 2 aliphatic rings. The van der Waals surface area contributed by atoms with Crippen molar-refractivity contribution < 1.29 is 15.0 Å². The number of Topliss-reactive ketones (excluding diaryl/α,β-unsaturated/α-hetero) is 1. The number of ketones is 1. The largest absolute Gasteiger partial charge is 0.396 e. The smallest absolute Gasteiger partial charge is 0.200 e. The van der Waals surface area contributed by atoms with Crippen LogP contribution in [-0.2, 0) is 4.79 Å². The second-order valence-corrected chi connectivity index (χ2v) is 7.34. The summed E-state index contributed by atoms with van der Waals surface area (Å²) in [6, 6.07) is 0. The third-order valence-corrected chi connectivity index (χ3v) is 6.04. The summed E-state index contributed by atoms with van der Waals surface area (Å²) in [5, 5.41) is 17.9. The van der Waals surface area contributed by atoms with Crippen molar-refractivity contribution in [3.05, 3.63) is 45.3 Å². The van der Waals surface area contributed by atoms with Gasteiger partial charge in [0.25, 0.3) is 0 Å².